The first kappa shape index (κ1) is 23.3. The lowest BCUT2D eigenvalue weighted by molar-refractivity contribution is 0.146. The Kier molecular flexibility index (Phi) is 5.67. The van der Waals surface area contributed by atoms with Gasteiger partial charge in [-0.15, -0.1) is 0 Å². The summed E-state index contributed by atoms with van der Waals surface area (Å²) in [5.74, 6) is 7.62. The van der Waals surface area contributed by atoms with Crippen molar-refractivity contribution in [1.82, 2.24) is 0 Å². The van der Waals surface area contributed by atoms with Crippen molar-refractivity contribution in [3.63, 3.8) is 0 Å². The average Bonchev–Trinajstić information content (AvgIpc) is 3.79. The molecule has 0 nitrogen and oxygen atoms in total. The van der Waals surface area contributed by atoms with Gasteiger partial charge in [-0.3, -0.25) is 0 Å². The summed E-state index contributed by atoms with van der Waals surface area (Å²) in [4.78, 5) is 0. The van der Waals surface area contributed by atoms with Crippen LogP contribution in [-0.2, 0) is 5.41 Å². The van der Waals surface area contributed by atoms with Crippen LogP contribution >= 0.6 is 0 Å². The van der Waals surface area contributed by atoms with E-state index >= 15 is 0 Å². The van der Waals surface area contributed by atoms with Crippen molar-refractivity contribution >= 4 is 0 Å². The smallest absolute Gasteiger partial charge is 0.0270 e. The molecule has 0 N–H and O–H groups in total. The highest BCUT2D eigenvalue weighted by Crippen LogP contribution is 2.65. The fourth-order valence-corrected chi connectivity index (χ4v) is 11.0. The summed E-state index contributed by atoms with van der Waals surface area (Å²) in [6.45, 7) is 0. The van der Waals surface area contributed by atoms with Crippen LogP contribution in [0, 0.1) is 59.2 Å². The van der Waals surface area contributed by atoms with E-state index in [9.17, 15) is 0 Å². The van der Waals surface area contributed by atoms with Gasteiger partial charge in [-0.2, -0.15) is 0 Å². The van der Waals surface area contributed by atoms with Gasteiger partial charge in [-0.1, -0.05) is 116 Å². The van der Waals surface area contributed by atoms with Crippen LogP contribution in [0.5, 0.6) is 0 Å². The minimum Gasteiger partial charge on any atom is -0.0805 e. The highest BCUT2D eigenvalue weighted by Gasteiger charge is 2.61. The van der Waals surface area contributed by atoms with Gasteiger partial charge in [0.1, 0.15) is 0 Å². The predicted octanol–water partition coefficient (Wildman–Crippen LogP) is 9.17. The first-order chi connectivity index (χ1) is 18.8. The number of rotatable bonds is 5. The molecule has 0 aliphatic heterocycles. The van der Waals surface area contributed by atoms with Crippen LogP contribution in [0.25, 0.3) is 0 Å². The summed E-state index contributed by atoms with van der Waals surface area (Å²) >= 11 is 0. The van der Waals surface area contributed by atoms with Crippen LogP contribution < -0.4 is 0 Å². The SMILES string of the molecule is C1=CC2C3C=CC=CC3C(C(c3ccccc3)(c3ccccc3)C3CC[C@@H](C4CC5CCC4C5)C3)C2C=C1. The van der Waals surface area contributed by atoms with Crippen LogP contribution in [0.2, 0.25) is 0 Å². The van der Waals surface area contributed by atoms with Crippen LogP contribution in [-0.4, -0.2) is 0 Å². The molecule has 0 spiro atoms. The molecular weight excluding hydrogens is 456 g/mol. The van der Waals surface area contributed by atoms with E-state index in [1.807, 2.05) is 0 Å². The van der Waals surface area contributed by atoms with Crippen LogP contribution in [0.3, 0.4) is 0 Å². The van der Waals surface area contributed by atoms with Gasteiger partial charge >= 0.3 is 0 Å². The van der Waals surface area contributed by atoms with Crippen molar-refractivity contribution in [3.05, 3.63) is 120 Å². The molecule has 0 radical (unpaired) electrons. The molecule has 8 unspecified atom stereocenters. The van der Waals surface area contributed by atoms with E-state index in [1.54, 1.807) is 17.5 Å². The zero-order valence-electron chi connectivity index (χ0n) is 22.6. The van der Waals surface area contributed by atoms with Gasteiger partial charge in [0.2, 0.25) is 0 Å². The fraction of sp³-hybridized carbons (Fsp3) is 0.474. The van der Waals surface area contributed by atoms with Crippen molar-refractivity contribution < 1.29 is 0 Å². The third kappa shape index (κ3) is 3.41. The Labute approximate surface area is 229 Å². The summed E-state index contributed by atoms with van der Waals surface area (Å²) < 4.78 is 0. The second-order valence-electron chi connectivity index (χ2n) is 13.6. The number of fused-ring (bicyclic) bond motifs is 5. The summed E-state index contributed by atoms with van der Waals surface area (Å²) in [7, 11) is 0. The van der Waals surface area contributed by atoms with Crippen LogP contribution in [0.1, 0.15) is 56.1 Å². The van der Waals surface area contributed by atoms with Crippen molar-refractivity contribution in [2.75, 3.05) is 0 Å². The Bertz CT molecular complexity index is 1190. The molecule has 0 heterocycles. The second-order valence-corrected chi connectivity index (χ2v) is 13.6. The molecule has 2 bridgehead atoms. The molecule has 0 aromatic heterocycles. The van der Waals surface area contributed by atoms with Gasteiger partial charge < -0.3 is 0 Å². The van der Waals surface area contributed by atoms with Crippen LogP contribution in [0.15, 0.2) is 109 Å². The maximum Gasteiger partial charge on any atom is 0.0270 e. The monoisotopic (exact) mass is 498 g/mol. The van der Waals surface area contributed by atoms with E-state index in [1.165, 1.54) is 38.5 Å². The van der Waals surface area contributed by atoms with E-state index in [4.69, 9.17) is 0 Å². The first-order valence-corrected chi connectivity index (χ1v) is 15.6. The van der Waals surface area contributed by atoms with E-state index in [0.29, 0.717) is 35.5 Å². The van der Waals surface area contributed by atoms with Gasteiger partial charge in [0.25, 0.3) is 0 Å². The molecule has 4 saturated carbocycles. The first-order valence-electron chi connectivity index (χ1n) is 15.6. The lowest BCUT2D eigenvalue weighted by atomic mass is 9.53. The van der Waals surface area contributed by atoms with Crippen LogP contribution in [0.4, 0.5) is 0 Å². The Morgan fingerprint density at radius 3 is 1.55 bits per heavy atom. The van der Waals surface area contributed by atoms with E-state index in [0.717, 1.165) is 23.7 Å². The van der Waals surface area contributed by atoms with E-state index in [-0.39, 0.29) is 5.41 Å². The number of hydrogen-bond acceptors (Lipinski definition) is 0. The third-order valence-electron chi connectivity index (χ3n) is 12.3. The minimum absolute atomic E-state index is 0.0300. The van der Waals surface area contributed by atoms with E-state index < -0.39 is 0 Å². The van der Waals surface area contributed by atoms with Gasteiger partial charge in [-0.05, 0) is 109 Å². The molecule has 6 aliphatic rings. The zero-order chi connectivity index (χ0) is 25.1. The Hall–Kier alpha value is -2.60. The summed E-state index contributed by atoms with van der Waals surface area (Å²) in [5.41, 5.74) is 3.17. The standard InChI is InChI=1S/C38H42/c1-3-11-29(12-4-1)38(30-13-5-2-6-14-30,31-22-21-28(25-31)36-24-26-19-20-27(36)23-26)37-34-17-9-7-15-32(34)33-16-8-10-18-35(33)37/h1-18,26-28,31-37H,19-25H2/t26?,27?,28-,31?,32?,33?,34?,35?,36?,37?/m1/s1. The highest BCUT2D eigenvalue weighted by atomic mass is 14.6. The molecule has 0 heteroatoms. The quantitative estimate of drug-likeness (QED) is 0.385. The second kappa shape index (κ2) is 9.25. The maximum absolute atomic E-state index is 2.60. The van der Waals surface area contributed by atoms with Crippen molar-refractivity contribution in [2.24, 2.45) is 59.2 Å². The van der Waals surface area contributed by atoms with Gasteiger partial charge in [0.15, 0.2) is 0 Å². The molecule has 2 aromatic carbocycles. The van der Waals surface area contributed by atoms with E-state index in [2.05, 4.69) is 109 Å². The summed E-state index contributed by atoms with van der Waals surface area (Å²) in [6, 6.07) is 23.7. The highest BCUT2D eigenvalue weighted by molar-refractivity contribution is 5.46. The minimum atomic E-state index is 0.0300. The van der Waals surface area contributed by atoms with Crippen molar-refractivity contribution in [1.29, 1.82) is 0 Å². The molecule has 8 rings (SSSR count). The van der Waals surface area contributed by atoms with Gasteiger partial charge in [0, 0.05) is 5.41 Å². The summed E-state index contributed by atoms with van der Waals surface area (Å²) in [5, 5.41) is 0. The number of benzene rings is 2. The summed E-state index contributed by atoms with van der Waals surface area (Å²) in [6.07, 6.45) is 30.0. The van der Waals surface area contributed by atoms with Gasteiger partial charge in [-0.25, -0.2) is 0 Å². The molecule has 2 aromatic rings. The number of allylic oxidation sites excluding steroid dienone is 8. The third-order valence-corrected chi connectivity index (χ3v) is 12.3. The molecule has 4 fully saturated rings. The fourth-order valence-electron chi connectivity index (χ4n) is 11.0. The molecule has 38 heavy (non-hydrogen) atoms. The lowest BCUT2D eigenvalue weighted by Gasteiger charge is -2.50. The Balaban J connectivity index is 1.30. The molecule has 0 saturated heterocycles. The molecule has 194 valence electrons. The predicted molar refractivity (Wildman–Crippen MR) is 157 cm³/mol. The molecule has 9 atom stereocenters. The van der Waals surface area contributed by atoms with Crippen molar-refractivity contribution in [3.8, 4) is 0 Å². The topological polar surface area (TPSA) is 0 Å². The Morgan fingerprint density at radius 2 is 1.03 bits per heavy atom. The number of hydrogen-bond donors (Lipinski definition) is 0. The van der Waals surface area contributed by atoms with Gasteiger partial charge in [0.05, 0.1) is 0 Å². The average molecular weight is 499 g/mol. The molecule has 6 aliphatic carbocycles. The normalized spacial score (nSPS) is 40.5. The molecule has 0 amide bonds. The maximum atomic E-state index is 2.60. The Morgan fingerprint density at radius 1 is 0.500 bits per heavy atom. The molecular formula is C38H42. The lowest BCUT2D eigenvalue weighted by Crippen LogP contribution is -2.47. The largest absolute Gasteiger partial charge is 0.0805 e. The zero-order valence-corrected chi connectivity index (χ0v) is 22.6. The van der Waals surface area contributed by atoms with Crippen molar-refractivity contribution in [2.45, 2.75) is 50.4 Å².